The van der Waals surface area contributed by atoms with E-state index in [0.29, 0.717) is 11.1 Å². The van der Waals surface area contributed by atoms with Crippen LogP contribution in [0, 0.1) is 0 Å². The Morgan fingerprint density at radius 1 is 0.962 bits per heavy atom. The van der Waals surface area contributed by atoms with Gasteiger partial charge in [0, 0.05) is 34.0 Å². The molecule has 0 heterocycles. The average molecular weight is 400 g/mol. The van der Waals surface area contributed by atoms with Crippen LogP contribution in [0.15, 0.2) is 36.4 Å². The minimum atomic E-state index is -3.32. The van der Waals surface area contributed by atoms with Gasteiger partial charge in [0.2, 0.25) is 13.9 Å². The summed E-state index contributed by atoms with van der Waals surface area (Å²) in [5.41, 5.74) is 0.694. The van der Waals surface area contributed by atoms with E-state index in [-0.39, 0.29) is 11.7 Å². The first kappa shape index (κ1) is 22.9. The van der Waals surface area contributed by atoms with Crippen molar-refractivity contribution in [3.05, 3.63) is 47.5 Å². The Balaban J connectivity index is 0.00000163. The minimum Gasteiger partial charge on any atom is -0.332 e. The van der Waals surface area contributed by atoms with Gasteiger partial charge in [0.15, 0.2) is 0 Å². The molecule has 2 aromatic rings. The second-order valence-electron chi connectivity index (χ2n) is 4.92. The predicted octanol–water partition coefficient (Wildman–Crippen LogP) is 5.60. The van der Waals surface area contributed by atoms with Crippen LogP contribution in [0.3, 0.4) is 0 Å². The van der Waals surface area contributed by atoms with Gasteiger partial charge in [0.25, 0.3) is 0 Å². The minimum absolute atomic E-state index is 0.0114. The van der Waals surface area contributed by atoms with E-state index in [0.717, 1.165) is 10.8 Å². The Morgan fingerprint density at radius 3 is 1.92 bits per heavy atom. The van der Waals surface area contributed by atoms with Gasteiger partial charge in [-0.3, -0.25) is 9.36 Å². The number of rotatable bonds is 8. The smallest absolute Gasteiger partial charge is 0.332 e. The summed E-state index contributed by atoms with van der Waals surface area (Å²) in [6.45, 7) is 4.00. The van der Waals surface area contributed by atoms with Crippen molar-refractivity contribution in [2.45, 2.75) is 20.0 Å². The SMILES string of the molecule is CC.COP(OC)C(=O)c1cc2ccccc2cc1CP(=O)(OC)OC. The summed E-state index contributed by atoms with van der Waals surface area (Å²) >= 11 is 0. The van der Waals surface area contributed by atoms with Crippen LogP contribution in [0.2, 0.25) is 0 Å². The highest BCUT2D eigenvalue weighted by Gasteiger charge is 2.29. The molecule has 0 fully saturated rings. The van der Waals surface area contributed by atoms with E-state index in [2.05, 4.69) is 0 Å². The average Bonchev–Trinajstić information content (AvgIpc) is 2.69. The van der Waals surface area contributed by atoms with Gasteiger partial charge in [-0.05, 0) is 28.5 Å². The van der Waals surface area contributed by atoms with Crippen molar-refractivity contribution in [1.29, 1.82) is 0 Å². The lowest BCUT2D eigenvalue weighted by Gasteiger charge is -2.18. The molecule has 8 heteroatoms. The second kappa shape index (κ2) is 10.9. The molecule has 0 aliphatic rings. The quantitative estimate of drug-likeness (QED) is 0.538. The molecular formula is C18H26O6P2. The molecule has 0 saturated carbocycles. The van der Waals surface area contributed by atoms with Crippen molar-refractivity contribution < 1.29 is 27.5 Å². The highest BCUT2D eigenvalue weighted by molar-refractivity contribution is 7.66. The maximum Gasteiger partial charge on any atom is 0.334 e. The van der Waals surface area contributed by atoms with Crippen LogP contribution in [-0.4, -0.2) is 34.0 Å². The van der Waals surface area contributed by atoms with Crippen LogP contribution < -0.4 is 0 Å². The van der Waals surface area contributed by atoms with E-state index in [4.69, 9.17) is 18.1 Å². The van der Waals surface area contributed by atoms with Crippen molar-refractivity contribution in [3.63, 3.8) is 0 Å². The molecule has 6 nitrogen and oxygen atoms in total. The fourth-order valence-corrected chi connectivity index (χ4v) is 4.34. The van der Waals surface area contributed by atoms with Crippen molar-refractivity contribution in [3.8, 4) is 0 Å². The Morgan fingerprint density at radius 2 is 1.46 bits per heavy atom. The third-order valence-corrected chi connectivity index (χ3v) is 6.70. The Labute approximate surface area is 156 Å². The molecule has 0 amide bonds. The normalized spacial score (nSPS) is 11.3. The van der Waals surface area contributed by atoms with Gasteiger partial charge in [-0.2, -0.15) is 0 Å². The zero-order chi connectivity index (χ0) is 19.7. The first-order valence-corrected chi connectivity index (χ1v) is 11.0. The van der Waals surface area contributed by atoms with Crippen LogP contribution in [0.5, 0.6) is 0 Å². The largest absolute Gasteiger partial charge is 0.334 e. The fourth-order valence-electron chi connectivity index (χ4n) is 2.37. The fraction of sp³-hybridized carbons (Fsp3) is 0.389. The van der Waals surface area contributed by atoms with Crippen molar-refractivity contribution >= 4 is 32.3 Å². The van der Waals surface area contributed by atoms with Crippen LogP contribution in [-0.2, 0) is 28.8 Å². The first-order chi connectivity index (χ1) is 12.5. The molecule has 0 aliphatic heterocycles. The Bertz CT molecular complexity index is 765. The molecule has 0 radical (unpaired) electrons. The number of carbonyl (C=O) groups excluding carboxylic acids is 1. The predicted molar refractivity (Wildman–Crippen MR) is 106 cm³/mol. The van der Waals surface area contributed by atoms with Crippen LogP contribution >= 0.6 is 16.0 Å². The van der Waals surface area contributed by atoms with Gasteiger partial charge in [0.1, 0.15) is 0 Å². The molecule has 144 valence electrons. The molecule has 0 bridgehead atoms. The molecule has 26 heavy (non-hydrogen) atoms. The van der Waals surface area contributed by atoms with Gasteiger partial charge in [0.05, 0.1) is 6.16 Å². The van der Waals surface area contributed by atoms with Gasteiger partial charge in [-0.15, -0.1) is 0 Å². The van der Waals surface area contributed by atoms with E-state index in [1.165, 1.54) is 28.4 Å². The molecule has 0 aromatic heterocycles. The summed E-state index contributed by atoms with van der Waals surface area (Å²) in [4.78, 5) is 12.7. The zero-order valence-electron chi connectivity index (χ0n) is 16.0. The molecule has 2 rings (SSSR count). The van der Waals surface area contributed by atoms with Crippen molar-refractivity contribution in [1.82, 2.24) is 0 Å². The summed E-state index contributed by atoms with van der Waals surface area (Å²) in [5.74, 6) is 0. The standard InChI is InChI=1S/C16H20O6P2.C2H6/c1-19-23(20-2)16(17)15-10-13-8-6-5-7-12(13)9-14(15)11-24(18,21-3)22-4;1-2/h5-10H,11H2,1-4H3;1-2H3. The maximum atomic E-state index is 12.7. The van der Waals surface area contributed by atoms with Gasteiger partial charge in [-0.1, -0.05) is 38.1 Å². The molecular weight excluding hydrogens is 374 g/mol. The van der Waals surface area contributed by atoms with E-state index >= 15 is 0 Å². The lowest BCUT2D eigenvalue weighted by molar-refractivity contribution is 0.105. The van der Waals surface area contributed by atoms with Crippen molar-refractivity contribution in [2.75, 3.05) is 28.4 Å². The third-order valence-electron chi connectivity index (χ3n) is 3.62. The molecule has 0 aliphatic carbocycles. The molecule has 0 saturated heterocycles. The van der Waals surface area contributed by atoms with Crippen molar-refractivity contribution in [2.24, 2.45) is 0 Å². The first-order valence-electron chi connectivity index (χ1n) is 8.13. The van der Waals surface area contributed by atoms with Crippen LogP contribution in [0.1, 0.15) is 29.8 Å². The highest BCUT2D eigenvalue weighted by Crippen LogP contribution is 2.51. The van der Waals surface area contributed by atoms with Gasteiger partial charge < -0.3 is 18.1 Å². The molecule has 2 aromatic carbocycles. The maximum absolute atomic E-state index is 12.7. The van der Waals surface area contributed by atoms with Crippen LogP contribution in [0.4, 0.5) is 0 Å². The summed E-state index contributed by atoms with van der Waals surface area (Å²) < 4.78 is 32.8. The Hall–Kier alpha value is -1.13. The molecule has 0 spiro atoms. The monoisotopic (exact) mass is 400 g/mol. The van der Waals surface area contributed by atoms with E-state index < -0.39 is 16.0 Å². The number of hydrogen-bond acceptors (Lipinski definition) is 6. The summed E-state index contributed by atoms with van der Waals surface area (Å²) in [7, 11) is 0.439. The number of benzene rings is 2. The number of hydrogen-bond donors (Lipinski definition) is 0. The van der Waals surface area contributed by atoms with E-state index in [1.807, 2.05) is 44.2 Å². The molecule has 0 unspecified atom stereocenters. The zero-order valence-corrected chi connectivity index (χ0v) is 17.8. The lowest BCUT2D eigenvalue weighted by atomic mass is 10.0. The lowest BCUT2D eigenvalue weighted by Crippen LogP contribution is -2.06. The molecule has 0 N–H and O–H groups in total. The second-order valence-corrected chi connectivity index (χ2v) is 8.84. The van der Waals surface area contributed by atoms with E-state index in [9.17, 15) is 9.36 Å². The molecule has 0 atom stereocenters. The summed E-state index contributed by atoms with van der Waals surface area (Å²) in [6, 6.07) is 11.2. The summed E-state index contributed by atoms with van der Waals surface area (Å²) in [5, 5.41) is 1.83. The number of carbonyl (C=O) groups is 1. The van der Waals surface area contributed by atoms with E-state index in [1.54, 1.807) is 6.07 Å². The van der Waals surface area contributed by atoms with Gasteiger partial charge >= 0.3 is 7.60 Å². The number of fused-ring (bicyclic) bond motifs is 1. The summed E-state index contributed by atoms with van der Waals surface area (Å²) in [6.07, 6.45) is -0.0114. The highest BCUT2D eigenvalue weighted by atomic mass is 31.2. The van der Waals surface area contributed by atoms with Crippen LogP contribution in [0.25, 0.3) is 10.8 Å². The Kier molecular flexibility index (Phi) is 9.59. The topological polar surface area (TPSA) is 71.1 Å². The third kappa shape index (κ3) is 5.43. The van der Waals surface area contributed by atoms with Gasteiger partial charge in [-0.25, -0.2) is 0 Å².